The average Bonchev–Trinajstić information content (AvgIpc) is 2.98. The van der Waals surface area contributed by atoms with Crippen LogP contribution in [0.4, 0.5) is 4.39 Å². The summed E-state index contributed by atoms with van der Waals surface area (Å²) in [7, 11) is -4.42. The summed E-state index contributed by atoms with van der Waals surface area (Å²) in [5.74, 6) is -0.557. The highest BCUT2D eigenvalue weighted by molar-refractivity contribution is 7.83. The maximum atomic E-state index is 13.3. The summed E-state index contributed by atoms with van der Waals surface area (Å²) in [4.78, 5) is 3.42. The maximum absolute atomic E-state index is 13.3. The molecule has 0 radical (unpaired) electrons. The van der Waals surface area contributed by atoms with Crippen molar-refractivity contribution in [2.75, 3.05) is 0 Å². The Morgan fingerprint density at radius 2 is 1.88 bits per heavy atom. The summed E-state index contributed by atoms with van der Waals surface area (Å²) in [6.45, 7) is 0. The van der Waals surface area contributed by atoms with Crippen LogP contribution in [0, 0.1) is 5.82 Å². The van der Waals surface area contributed by atoms with Crippen LogP contribution in [0.15, 0.2) is 48.5 Å². The van der Waals surface area contributed by atoms with E-state index in [0.29, 0.717) is 5.56 Å². The molecule has 0 bridgehead atoms. The molecule has 0 fully saturated rings. The number of hydrogen-bond donors (Lipinski definition) is 3. The number of nitrogens with one attached hydrogen (secondary N) is 2. The largest absolute Gasteiger partial charge is 0.358 e. The lowest BCUT2D eigenvalue weighted by atomic mass is 9.78. The first-order valence-electron chi connectivity index (χ1n) is 8.52. The SMILES string of the molecule is O=S(=O)(O)NC(c1ccc(F)cc1)C1CCCc2[nH]c3ccccc3c21. The van der Waals surface area contributed by atoms with Gasteiger partial charge in [0.05, 0.1) is 6.04 Å². The summed E-state index contributed by atoms with van der Waals surface area (Å²) < 4.78 is 48.3. The van der Waals surface area contributed by atoms with Crippen LogP contribution in [0.3, 0.4) is 0 Å². The van der Waals surface area contributed by atoms with E-state index in [4.69, 9.17) is 0 Å². The monoisotopic (exact) mass is 374 g/mol. The van der Waals surface area contributed by atoms with Gasteiger partial charge in [-0.3, -0.25) is 4.55 Å². The van der Waals surface area contributed by atoms with Crippen molar-refractivity contribution in [3.63, 3.8) is 0 Å². The number of aromatic nitrogens is 1. The first-order chi connectivity index (χ1) is 12.4. The number of hydrogen-bond acceptors (Lipinski definition) is 2. The van der Waals surface area contributed by atoms with Crippen molar-refractivity contribution in [1.29, 1.82) is 0 Å². The zero-order chi connectivity index (χ0) is 18.3. The molecule has 3 N–H and O–H groups in total. The van der Waals surface area contributed by atoms with Gasteiger partial charge >= 0.3 is 10.3 Å². The van der Waals surface area contributed by atoms with E-state index in [-0.39, 0.29) is 5.92 Å². The van der Waals surface area contributed by atoms with Gasteiger partial charge in [-0.15, -0.1) is 0 Å². The summed E-state index contributed by atoms with van der Waals surface area (Å²) >= 11 is 0. The van der Waals surface area contributed by atoms with Crippen LogP contribution in [-0.2, 0) is 16.7 Å². The molecule has 2 aromatic carbocycles. The molecule has 0 saturated heterocycles. The normalized spacial score (nSPS) is 18.6. The number of para-hydroxylation sites is 1. The van der Waals surface area contributed by atoms with Crippen molar-refractivity contribution >= 4 is 21.2 Å². The third-order valence-electron chi connectivity index (χ3n) is 5.05. The Labute approximate surface area is 151 Å². The summed E-state index contributed by atoms with van der Waals surface area (Å²) in [5, 5.41) is 1.05. The van der Waals surface area contributed by atoms with Gasteiger partial charge < -0.3 is 4.98 Å². The lowest BCUT2D eigenvalue weighted by Crippen LogP contribution is -2.33. The number of aryl methyl sites for hydroxylation is 1. The highest BCUT2D eigenvalue weighted by atomic mass is 32.2. The Morgan fingerprint density at radius 3 is 2.62 bits per heavy atom. The second-order valence-electron chi connectivity index (χ2n) is 6.68. The molecule has 0 amide bonds. The first kappa shape index (κ1) is 17.2. The smallest absolute Gasteiger partial charge is 0.333 e. The van der Waals surface area contributed by atoms with Crippen molar-refractivity contribution < 1.29 is 17.4 Å². The molecular formula is C19H19FN2O3S. The molecular weight excluding hydrogens is 355 g/mol. The Kier molecular flexibility index (Phi) is 4.30. The molecule has 0 spiro atoms. The van der Waals surface area contributed by atoms with Crippen LogP contribution in [0.25, 0.3) is 10.9 Å². The van der Waals surface area contributed by atoms with E-state index in [0.717, 1.165) is 41.4 Å². The van der Waals surface area contributed by atoms with Gasteiger partial charge in [-0.2, -0.15) is 13.1 Å². The molecule has 7 heteroatoms. The molecule has 1 aliphatic carbocycles. The van der Waals surface area contributed by atoms with E-state index in [1.807, 2.05) is 24.3 Å². The van der Waals surface area contributed by atoms with Crippen molar-refractivity contribution in [2.45, 2.75) is 31.2 Å². The lowest BCUT2D eigenvalue weighted by molar-refractivity contribution is 0.409. The second kappa shape index (κ2) is 6.50. The van der Waals surface area contributed by atoms with Crippen LogP contribution in [-0.4, -0.2) is 18.0 Å². The third-order valence-corrected chi connectivity index (χ3v) is 5.60. The zero-order valence-corrected chi connectivity index (χ0v) is 14.8. The summed E-state index contributed by atoms with van der Waals surface area (Å²) in [6, 6.07) is 12.9. The van der Waals surface area contributed by atoms with E-state index < -0.39 is 22.2 Å². The minimum absolute atomic E-state index is 0.165. The zero-order valence-electron chi connectivity index (χ0n) is 13.9. The standard InChI is InChI=1S/C19H19FN2O3S/c20-13-10-8-12(9-11-13)19(22-26(23,24)25)15-5-3-7-17-18(15)14-4-1-2-6-16(14)21-17/h1-2,4,6,8-11,15,19,21-22H,3,5,7H2,(H,23,24,25). The fourth-order valence-electron chi connectivity index (χ4n) is 4.03. The summed E-state index contributed by atoms with van der Waals surface area (Å²) in [5.41, 5.74) is 3.78. The molecule has 26 heavy (non-hydrogen) atoms. The maximum Gasteiger partial charge on any atom is 0.333 e. The topological polar surface area (TPSA) is 82.2 Å². The lowest BCUT2D eigenvalue weighted by Gasteiger charge is -2.31. The van der Waals surface area contributed by atoms with Crippen LogP contribution < -0.4 is 4.72 Å². The van der Waals surface area contributed by atoms with Crippen molar-refractivity contribution in [2.24, 2.45) is 0 Å². The molecule has 2 unspecified atom stereocenters. The van der Waals surface area contributed by atoms with Crippen LogP contribution >= 0.6 is 0 Å². The fraction of sp³-hybridized carbons (Fsp3) is 0.263. The molecule has 136 valence electrons. The van der Waals surface area contributed by atoms with E-state index >= 15 is 0 Å². The fourth-order valence-corrected chi connectivity index (χ4v) is 4.65. The Morgan fingerprint density at radius 1 is 1.15 bits per heavy atom. The molecule has 0 aliphatic heterocycles. The first-order valence-corrected chi connectivity index (χ1v) is 9.96. The minimum Gasteiger partial charge on any atom is -0.358 e. The summed E-state index contributed by atoms with van der Waals surface area (Å²) in [6.07, 6.45) is 2.55. The number of aromatic amines is 1. The van der Waals surface area contributed by atoms with Crippen molar-refractivity contribution in [1.82, 2.24) is 9.71 Å². The number of benzene rings is 2. The van der Waals surface area contributed by atoms with Crippen LogP contribution in [0.1, 0.15) is 41.6 Å². The van der Waals surface area contributed by atoms with E-state index in [1.54, 1.807) is 12.1 Å². The molecule has 0 saturated carbocycles. The molecule has 1 aromatic heterocycles. The van der Waals surface area contributed by atoms with Gasteiger partial charge in [-0.05, 0) is 48.6 Å². The molecule has 1 aliphatic rings. The number of fused-ring (bicyclic) bond motifs is 3. The van der Waals surface area contributed by atoms with Crippen molar-refractivity contribution in [3.05, 3.63) is 71.2 Å². The van der Waals surface area contributed by atoms with Crippen LogP contribution in [0.2, 0.25) is 0 Å². The second-order valence-corrected chi connectivity index (χ2v) is 7.87. The van der Waals surface area contributed by atoms with Crippen LogP contribution in [0.5, 0.6) is 0 Å². The highest BCUT2D eigenvalue weighted by Gasteiger charge is 2.33. The van der Waals surface area contributed by atoms with E-state index in [2.05, 4.69) is 9.71 Å². The van der Waals surface area contributed by atoms with Gasteiger partial charge in [0.15, 0.2) is 0 Å². The highest BCUT2D eigenvalue weighted by Crippen LogP contribution is 2.44. The van der Waals surface area contributed by atoms with Gasteiger partial charge in [0, 0.05) is 22.5 Å². The molecule has 5 nitrogen and oxygen atoms in total. The van der Waals surface area contributed by atoms with Gasteiger partial charge in [0.1, 0.15) is 5.82 Å². The third kappa shape index (κ3) is 3.25. The Hall–Kier alpha value is -2.22. The van der Waals surface area contributed by atoms with Gasteiger partial charge in [0.2, 0.25) is 0 Å². The molecule has 1 heterocycles. The van der Waals surface area contributed by atoms with Gasteiger partial charge in [-0.25, -0.2) is 4.39 Å². The van der Waals surface area contributed by atoms with E-state index in [9.17, 15) is 17.4 Å². The Bertz CT molecular complexity index is 1040. The number of H-pyrrole nitrogens is 1. The Balaban J connectivity index is 1.86. The van der Waals surface area contributed by atoms with Crippen molar-refractivity contribution in [3.8, 4) is 0 Å². The number of rotatable bonds is 4. The van der Waals surface area contributed by atoms with Gasteiger partial charge in [-0.1, -0.05) is 30.3 Å². The average molecular weight is 374 g/mol. The molecule has 4 rings (SSSR count). The molecule has 3 aromatic rings. The number of halogens is 1. The predicted molar refractivity (Wildman–Crippen MR) is 97.8 cm³/mol. The molecule has 2 atom stereocenters. The predicted octanol–water partition coefficient (Wildman–Crippen LogP) is 3.86. The van der Waals surface area contributed by atoms with E-state index in [1.165, 1.54) is 12.1 Å². The van der Waals surface area contributed by atoms with Gasteiger partial charge in [0.25, 0.3) is 0 Å². The minimum atomic E-state index is -4.42. The quantitative estimate of drug-likeness (QED) is 0.607.